The molecule has 0 bridgehead atoms. The van der Waals surface area contributed by atoms with Gasteiger partial charge in [-0.3, -0.25) is 4.99 Å². The van der Waals surface area contributed by atoms with E-state index in [0.29, 0.717) is 11.2 Å². The number of hydrogen-bond acceptors (Lipinski definition) is 4. The Labute approximate surface area is 172 Å². The van der Waals surface area contributed by atoms with Gasteiger partial charge in [0.1, 0.15) is 0 Å². The number of guanidine groups is 1. The van der Waals surface area contributed by atoms with Gasteiger partial charge in [-0.1, -0.05) is 20.8 Å². The number of thioether (sulfide) groups is 1. The third kappa shape index (κ3) is 6.05. The summed E-state index contributed by atoms with van der Waals surface area (Å²) in [7, 11) is 1.89. The molecule has 7 heteroatoms. The van der Waals surface area contributed by atoms with E-state index in [4.69, 9.17) is 4.98 Å². The van der Waals surface area contributed by atoms with Crippen LogP contribution in [0, 0.1) is 12.8 Å². The van der Waals surface area contributed by atoms with Crippen LogP contribution in [0.15, 0.2) is 4.99 Å². The molecule has 1 saturated heterocycles. The molecule has 1 aliphatic rings. The number of aliphatic imine (C=N–C) groups is 1. The lowest BCUT2D eigenvalue weighted by atomic mass is 10.1. The van der Waals surface area contributed by atoms with Crippen molar-refractivity contribution in [2.45, 2.75) is 45.8 Å². The highest BCUT2D eigenvalue weighted by atomic mass is 127. The SMILES string of the molecule is CCc1nc(CCNC(=NC)N2CCSC(C(C)C)C2)sc1C.I. The maximum atomic E-state index is 4.72. The first-order valence-corrected chi connectivity index (χ1v) is 10.4. The zero-order valence-corrected chi connectivity index (χ0v) is 19.4. The Hall–Kier alpha value is -0.0200. The summed E-state index contributed by atoms with van der Waals surface area (Å²) in [5.74, 6) is 2.95. The van der Waals surface area contributed by atoms with Gasteiger partial charge in [0.15, 0.2) is 5.96 Å². The smallest absolute Gasteiger partial charge is 0.193 e. The monoisotopic (exact) mass is 482 g/mol. The fourth-order valence-electron chi connectivity index (χ4n) is 2.81. The highest BCUT2D eigenvalue weighted by molar-refractivity contribution is 14.0. The average molecular weight is 483 g/mol. The molecule has 1 unspecified atom stereocenters. The lowest BCUT2D eigenvalue weighted by Gasteiger charge is -2.36. The molecule has 0 saturated carbocycles. The minimum atomic E-state index is 0. The molecule has 2 rings (SSSR count). The molecule has 1 atom stereocenters. The van der Waals surface area contributed by atoms with Crippen molar-refractivity contribution in [3.05, 3.63) is 15.6 Å². The number of nitrogens with one attached hydrogen (secondary N) is 1. The first-order valence-electron chi connectivity index (χ1n) is 8.57. The maximum absolute atomic E-state index is 4.72. The Morgan fingerprint density at radius 2 is 2.21 bits per heavy atom. The summed E-state index contributed by atoms with van der Waals surface area (Å²) in [6.45, 7) is 12.1. The van der Waals surface area contributed by atoms with Crippen molar-refractivity contribution >= 4 is 53.0 Å². The molecule has 1 N–H and O–H groups in total. The predicted octanol–water partition coefficient (Wildman–Crippen LogP) is 3.82. The third-order valence-corrected chi connectivity index (χ3v) is 6.85. The van der Waals surface area contributed by atoms with E-state index in [2.05, 4.69) is 54.7 Å². The van der Waals surface area contributed by atoms with Gasteiger partial charge in [-0.2, -0.15) is 11.8 Å². The Balaban J connectivity index is 0.00000288. The van der Waals surface area contributed by atoms with E-state index in [1.54, 1.807) is 0 Å². The first-order chi connectivity index (χ1) is 11.0. The summed E-state index contributed by atoms with van der Waals surface area (Å²) in [6.07, 6.45) is 2.00. The summed E-state index contributed by atoms with van der Waals surface area (Å²) in [5.41, 5.74) is 1.25. The van der Waals surface area contributed by atoms with Crippen LogP contribution in [0.3, 0.4) is 0 Å². The zero-order valence-electron chi connectivity index (χ0n) is 15.5. The molecule has 1 aromatic heterocycles. The summed E-state index contributed by atoms with van der Waals surface area (Å²) >= 11 is 3.93. The summed E-state index contributed by atoms with van der Waals surface area (Å²) in [4.78, 5) is 13.0. The van der Waals surface area contributed by atoms with Crippen molar-refractivity contribution in [1.82, 2.24) is 15.2 Å². The van der Waals surface area contributed by atoms with Gasteiger partial charge in [0, 0.05) is 49.0 Å². The number of aromatic nitrogens is 1. The second-order valence-corrected chi connectivity index (χ2v) is 8.92. The van der Waals surface area contributed by atoms with Crippen LogP contribution in [0.1, 0.15) is 36.3 Å². The number of thiazole rings is 1. The fourth-order valence-corrected chi connectivity index (χ4v) is 5.13. The van der Waals surface area contributed by atoms with E-state index < -0.39 is 0 Å². The van der Waals surface area contributed by atoms with Crippen LogP contribution in [0.25, 0.3) is 0 Å². The Bertz CT molecular complexity index is 531. The molecular formula is C17H31IN4S2. The summed E-state index contributed by atoms with van der Waals surface area (Å²) in [5, 5.41) is 5.46. The number of hydrogen-bond donors (Lipinski definition) is 1. The zero-order chi connectivity index (χ0) is 16.8. The van der Waals surface area contributed by atoms with E-state index in [1.807, 2.05) is 18.4 Å². The van der Waals surface area contributed by atoms with Gasteiger partial charge in [-0.05, 0) is 19.3 Å². The van der Waals surface area contributed by atoms with Crippen LogP contribution in [0.4, 0.5) is 0 Å². The van der Waals surface area contributed by atoms with Crippen LogP contribution in [0.2, 0.25) is 0 Å². The van der Waals surface area contributed by atoms with Crippen molar-refractivity contribution in [3.63, 3.8) is 0 Å². The van der Waals surface area contributed by atoms with Crippen LogP contribution in [0.5, 0.6) is 0 Å². The van der Waals surface area contributed by atoms with E-state index >= 15 is 0 Å². The van der Waals surface area contributed by atoms with Crippen LogP contribution >= 0.6 is 47.1 Å². The molecule has 0 spiro atoms. The fraction of sp³-hybridized carbons (Fsp3) is 0.765. The third-order valence-electron chi connectivity index (χ3n) is 4.24. The van der Waals surface area contributed by atoms with Crippen LogP contribution in [-0.2, 0) is 12.8 Å². The number of rotatable bonds is 5. The molecule has 1 aromatic rings. The lowest BCUT2D eigenvalue weighted by Crippen LogP contribution is -2.49. The molecular weight excluding hydrogens is 451 g/mol. The molecule has 2 heterocycles. The minimum Gasteiger partial charge on any atom is -0.356 e. The summed E-state index contributed by atoms with van der Waals surface area (Å²) < 4.78 is 0. The molecule has 0 aliphatic carbocycles. The van der Waals surface area contributed by atoms with Gasteiger partial charge in [0.05, 0.1) is 10.7 Å². The standard InChI is InChI=1S/C17H30N4S2.HI/c1-6-14-13(4)23-16(20-14)7-8-19-17(18-5)21-9-10-22-15(11-21)12(2)3;/h12,15H,6-11H2,1-5H3,(H,18,19);1H. The molecule has 1 fully saturated rings. The van der Waals surface area contributed by atoms with Gasteiger partial charge in [-0.15, -0.1) is 35.3 Å². The number of aryl methyl sites for hydroxylation is 2. The van der Waals surface area contributed by atoms with E-state index in [-0.39, 0.29) is 24.0 Å². The molecule has 0 radical (unpaired) electrons. The minimum absolute atomic E-state index is 0. The second kappa shape index (κ2) is 10.9. The largest absolute Gasteiger partial charge is 0.356 e. The Morgan fingerprint density at radius 3 is 2.79 bits per heavy atom. The van der Waals surface area contributed by atoms with Gasteiger partial charge < -0.3 is 10.2 Å². The Morgan fingerprint density at radius 1 is 1.46 bits per heavy atom. The molecule has 138 valence electrons. The van der Waals surface area contributed by atoms with Crippen LogP contribution in [-0.4, -0.2) is 53.5 Å². The quantitative estimate of drug-likeness (QED) is 0.394. The molecule has 0 amide bonds. The number of halogens is 1. The highest BCUT2D eigenvalue weighted by Crippen LogP contribution is 2.24. The highest BCUT2D eigenvalue weighted by Gasteiger charge is 2.24. The normalized spacial score (nSPS) is 18.7. The molecule has 4 nitrogen and oxygen atoms in total. The first kappa shape index (κ1) is 22.0. The van der Waals surface area contributed by atoms with E-state index in [1.165, 1.54) is 21.3 Å². The van der Waals surface area contributed by atoms with Gasteiger partial charge >= 0.3 is 0 Å². The maximum Gasteiger partial charge on any atom is 0.193 e. The van der Waals surface area contributed by atoms with Crippen molar-refractivity contribution in [1.29, 1.82) is 0 Å². The predicted molar refractivity (Wildman–Crippen MR) is 119 cm³/mol. The Kier molecular flexibility index (Phi) is 9.96. The van der Waals surface area contributed by atoms with Gasteiger partial charge in [-0.25, -0.2) is 4.98 Å². The lowest BCUT2D eigenvalue weighted by molar-refractivity contribution is 0.381. The molecule has 24 heavy (non-hydrogen) atoms. The van der Waals surface area contributed by atoms with Gasteiger partial charge in [0.2, 0.25) is 0 Å². The second-order valence-electron chi connectivity index (χ2n) is 6.29. The van der Waals surface area contributed by atoms with E-state index in [9.17, 15) is 0 Å². The van der Waals surface area contributed by atoms with Crippen molar-refractivity contribution in [3.8, 4) is 0 Å². The topological polar surface area (TPSA) is 40.5 Å². The van der Waals surface area contributed by atoms with Crippen molar-refractivity contribution < 1.29 is 0 Å². The number of nitrogens with zero attached hydrogens (tertiary/aromatic N) is 3. The van der Waals surface area contributed by atoms with Crippen LogP contribution < -0.4 is 5.32 Å². The van der Waals surface area contributed by atoms with Crippen molar-refractivity contribution in [2.24, 2.45) is 10.9 Å². The van der Waals surface area contributed by atoms with Gasteiger partial charge in [0.25, 0.3) is 0 Å². The molecule has 1 aliphatic heterocycles. The van der Waals surface area contributed by atoms with E-state index in [0.717, 1.165) is 38.4 Å². The molecule has 0 aromatic carbocycles. The van der Waals surface area contributed by atoms with Crippen molar-refractivity contribution in [2.75, 3.05) is 32.4 Å². The average Bonchev–Trinajstić information content (AvgIpc) is 2.91. The summed E-state index contributed by atoms with van der Waals surface area (Å²) in [6, 6.07) is 0.